The molecule has 0 unspecified atom stereocenters. The summed E-state index contributed by atoms with van der Waals surface area (Å²) in [5, 5.41) is 4.08. The molecule has 0 saturated heterocycles. The monoisotopic (exact) mass is 264 g/mol. The zero-order valence-corrected chi connectivity index (χ0v) is 11.2. The first-order valence-corrected chi connectivity index (χ1v) is 5.94. The van der Waals surface area contributed by atoms with Gasteiger partial charge >= 0.3 is 5.69 Å². The highest BCUT2D eigenvalue weighted by Gasteiger charge is 2.07. The van der Waals surface area contributed by atoms with Crippen LogP contribution in [-0.4, -0.2) is 18.9 Å². The smallest absolute Gasteiger partial charge is 0.330 e. The third-order valence-electron chi connectivity index (χ3n) is 2.95. The first kappa shape index (κ1) is 13.1. The quantitative estimate of drug-likeness (QED) is 0.772. The molecule has 0 amide bonds. The van der Waals surface area contributed by atoms with Crippen molar-refractivity contribution in [2.75, 3.05) is 0 Å². The highest BCUT2D eigenvalue weighted by molar-refractivity contribution is 5.12. The Hall–Kier alpha value is -2.31. The molecule has 0 aliphatic heterocycles. The maximum atomic E-state index is 11.7. The van der Waals surface area contributed by atoms with E-state index in [0.717, 1.165) is 11.1 Å². The van der Waals surface area contributed by atoms with E-state index in [1.54, 1.807) is 24.1 Å². The number of rotatable bonds is 4. The summed E-state index contributed by atoms with van der Waals surface area (Å²) in [7, 11) is 3.05. The van der Waals surface area contributed by atoms with Crippen LogP contribution in [0, 0.1) is 0 Å². The van der Waals surface area contributed by atoms with Crippen LogP contribution < -0.4 is 16.0 Å². The van der Waals surface area contributed by atoms with Gasteiger partial charge in [-0.2, -0.15) is 5.10 Å². The van der Waals surface area contributed by atoms with Gasteiger partial charge < -0.3 is 4.74 Å². The molecule has 7 heteroatoms. The van der Waals surface area contributed by atoms with Crippen LogP contribution in [0.5, 0.6) is 5.75 Å². The van der Waals surface area contributed by atoms with Crippen molar-refractivity contribution in [2.45, 2.75) is 20.1 Å². The first-order chi connectivity index (χ1) is 9.02. The summed E-state index contributed by atoms with van der Waals surface area (Å²) in [4.78, 5) is 23.3. The number of ether oxygens (including phenoxy) is 1. The molecular formula is C12H16N4O3. The summed E-state index contributed by atoms with van der Waals surface area (Å²) in [6.07, 6.45) is 3.36. The molecule has 2 aromatic heterocycles. The molecule has 0 radical (unpaired) electrons. The van der Waals surface area contributed by atoms with Crippen molar-refractivity contribution < 1.29 is 4.74 Å². The number of aromatic nitrogens is 4. The van der Waals surface area contributed by atoms with Gasteiger partial charge in [-0.05, 0) is 6.92 Å². The lowest BCUT2D eigenvalue weighted by atomic mass is 10.4. The molecule has 0 bridgehead atoms. The van der Waals surface area contributed by atoms with E-state index in [-0.39, 0.29) is 17.9 Å². The lowest BCUT2D eigenvalue weighted by molar-refractivity contribution is 0.293. The second kappa shape index (κ2) is 5.13. The van der Waals surface area contributed by atoms with Gasteiger partial charge in [-0.15, -0.1) is 0 Å². The minimum atomic E-state index is -0.365. The maximum absolute atomic E-state index is 11.7. The van der Waals surface area contributed by atoms with Crippen molar-refractivity contribution in [1.29, 1.82) is 0 Å². The first-order valence-electron chi connectivity index (χ1n) is 5.94. The van der Waals surface area contributed by atoms with E-state index in [4.69, 9.17) is 4.74 Å². The largest absolute Gasteiger partial charge is 0.484 e. The third kappa shape index (κ3) is 2.59. The van der Waals surface area contributed by atoms with Crippen LogP contribution in [-0.2, 0) is 27.2 Å². The Labute approximate surface area is 109 Å². The molecule has 0 fully saturated rings. The van der Waals surface area contributed by atoms with E-state index in [1.807, 2.05) is 6.92 Å². The molecule has 0 aliphatic carbocycles. The summed E-state index contributed by atoms with van der Waals surface area (Å²) >= 11 is 0. The van der Waals surface area contributed by atoms with Gasteiger partial charge in [-0.3, -0.25) is 18.6 Å². The normalized spacial score (nSPS) is 10.7. The highest BCUT2D eigenvalue weighted by Crippen LogP contribution is 2.09. The van der Waals surface area contributed by atoms with Gasteiger partial charge in [0, 0.05) is 26.7 Å². The second-order valence-electron chi connectivity index (χ2n) is 4.19. The number of hydrogen-bond acceptors (Lipinski definition) is 4. The molecule has 0 atom stereocenters. The Morgan fingerprint density at radius 3 is 2.63 bits per heavy atom. The molecular weight excluding hydrogens is 248 g/mol. The summed E-state index contributed by atoms with van der Waals surface area (Å²) in [6.45, 7) is 2.88. The fraction of sp³-hybridized carbons (Fsp3) is 0.417. The molecule has 102 valence electrons. The summed E-state index contributed by atoms with van der Waals surface area (Å²) in [6, 6.07) is 1.39. The van der Waals surface area contributed by atoms with E-state index in [2.05, 4.69) is 5.10 Å². The fourth-order valence-electron chi connectivity index (χ4n) is 1.67. The van der Waals surface area contributed by atoms with Gasteiger partial charge in [-0.25, -0.2) is 4.79 Å². The average Bonchev–Trinajstić information content (AvgIpc) is 2.87. The van der Waals surface area contributed by atoms with Gasteiger partial charge in [0.25, 0.3) is 5.56 Å². The molecule has 0 spiro atoms. The number of nitrogens with zero attached hydrogens (tertiary/aromatic N) is 4. The van der Waals surface area contributed by atoms with Crippen LogP contribution in [0.15, 0.2) is 28.0 Å². The van der Waals surface area contributed by atoms with Crippen molar-refractivity contribution in [3.63, 3.8) is 0 Å². The third-order valence-corrected chi connectivity index (χ3v) is 2.95. The zero-order chi connectivity index (χ0) is 14.0. The molecule has 0 saturated carbocycles. The summed E-state index contributed by atoms with van der Waals surface area (Å²) in [5.41, 5.74) is -0.182. The Morgan fingerprint density at radius 2 is 2.00 bits per heavy atom. The minimum absolute atomic E-state index is 0.150. The van der Waals surface area contributed by atoms with Gasteiger partial charge in [0.2, 0.25) is 0 Å². The van der Waals surface area contributed by atoms with Crippen molar-refractivity contribution in [3.8, 4) is 5.75 Å². The Morgan fingerprint density at radius 1 is 1.26 bits per heavy atom. The zero-order valence-electron chi connectivity index (χ0n) is 11.2. The van der Waals surface area contributed by atoms with Crippen molar-refractivity contribution in [1.82, 2.24) is 18.9 Å². The van der Waals surface area contributed by atoms with Crippen molar-refractivity contribution in [2.24, 2.45) is 14.1 Å². The molecule has 19 heavy (non-hydrogen) atoms. The lowest BCUT2D eigenvalue weighted by Gasteiger charge is -2.09. The molecule has 2 rings (SSSR count). The lowest BCUT2D eigenvalue weighted by Crippen LogP contribution is -2.38. The van der Waals surface area contributed by atoms with Gasteiger partial charge in [-0.1, -0.05) is 0 Å². The predicted molar refractivity (Wildman–Crippen MR) is 69.2 cm³/mol. The molecule has 0 aliphatic rings. The van der Waals surface area contributed by atoms with Gasteiger partial charge in [0.1, 0.15) is 6.61 Å². The summed E-state index contributed by atoms with van der Waals surface area (Å²) in [5.74, 6) is 0.606. The Kier molecular flexibility index (Phi) is 3.55. The van der Waals surface area contributed by atoms with E-state index in [0.29, 0.717) is 11.4 Å². The predicted octanol–water partition coefficient (Wildman–Crippen LogP) is -0.121. The standard InChI is InChI=1S/C12H16N4O3/c1-4-16-7-10(6-13-16)19-8-9-5-11(17)15(3)12(18)14(9)2/h5-7H,4,8H2,1-3H3. The van der Waals surface area contributed by atoms with E-state index in [1.165, 1.54) is 17.7 Å². The average molecular weight is 264 g/mol. The van der Waals surface area contributed by atoms with Crippen LogP contribution >= 0.6 is 0 Å². The minimum Gasteiger partial charge on any atom is -0.484 e. The summed E-state index contributed by atoms with van der Waals surface area (Å²) < 4.78 is 9.70. The van der Waals surface area contributed by atoms with E-state index < -0.39 is 0 Å². The van der Waals surface area contributed by atoms with Crippen LogP contribution in [0.3, 0.4) is 0 Å². The molecule has 0 N–H and O–H groups in total. The SMILES string of the molecule is CCn1cc(OCc2cc(=O)n(C)c(=O)n2C)cn1. The maximum Gasteiger partial charge on any atom is 0.330 e. The second-order valence-corrected chi connectivity index (χ2v) is 4.19. The number of hydrogen-bond donors (Lipinski definition) is 0. The molecule has 0 aromatic carbocycles. The van der Waals surface area contributed by atoms with Crippen LogP contribution in [0.1, 0.15) is 12.6 Å². The Balaban J connectivity index is 2.20. The molecule has 2 aromatic rings. The Bertz CT molecular complexity index is 696. The van der Waals surface area contributed by atoms with E-state index in [9.17, 15) is 9.59 Å². The topological polar surface area (TPSA) is 71.0 Å². The highest BCUT2D eigenvalue weighted by atomic mass is 16.5. The van der Waals surface area contributed by atoms with Gasteiger partial charge in [0.15, 0.2) is 5.75 Å². The van der Waals surface area contributed by atoms with Crippen LogP contribution in [0.25, 0.3) is 0 Å². The van der Waals surface area contributed by atoms with Crippen molar-refractivity contribution in [3.05, 3.63) is 45.0 Å². The van der Waals surface area contributed by atoms with E-state index >= 15 is 0 Å². The van der Waals surface area contributed by atoms with Gasteiger partial charge in [0.05, 0.1) is 18.1 Å². The molecule has 2 heterocycles. The van der Waals surface area contributed by atoms with Crippen LogP contribution in [0.4, 0.5) is 0 Å². The van der Waals surface area contributed by atoms with Crippen molar-refractivity contribution >= 4 is 0 Å². The van der Waals surface area contributed by atoms with Crippen LogP contribution in [0.2, 0.25) is 0 Å². The molecule has 7 nitrogen and oxygen atoms in total. The fourth-order valence-corrected chi connectivity index (χ4v) is 1.67. The number of aryl methyl sites for hydroxylation is 1.